The van der Waals surface area contributed by atoms with Gasteiger partial charge >= 0.3 is 78.4 Å². The molecule has 0 aliphatic heterocycles. The van der Waals surface area contributed by atoms with Crippen LogP contribution in [0.2, 0.25) is 0 Å². The summed E-state index contributed by atoms with van der Waals surface area (Å²) in [7, 11) is 0. The van der Waals surface area contributed by atoms with E-state index in [4.69, 9.17) is 0 Å². The molecule has 0 aliphatic carbocycles. The van der Waals surface area contributed by atoms with Crippen molar-refractivity contribution in [1.82, 2.24) is 0 Å². The second kappa shape index (κ2) is 14.0. The Labute approximate surface area is 97.6 Å². The molecule has 9 heavy (non-hydrogen) atoms. The zero-order valence-electron chi connectivity index (χ0n) is 4.01. The van der Waals surface area contributed by atoms with Gasteiger partial charge in [-0.05, 0) is 0 Å². The average molecular weight is 628 g/mol. The molecule has 0 saturated carbocycles. The maximum absolute atomic E-state index is 2.53. The molecule has 0 fully saturated rings. The van der Waals surface area contributed by atoms with E-state index in [1.54, 1.807) is 0 Å². The van der Waals surface area contributed by atoms with Gasteiger partial charge in [0.15, 0.2) is 0 Å². The summed E-state index contributed by atoms with van der Waals surface area (Å²) in [5.74, 6) is 0. The zero-order valence-corrected chi connectivity index (χ0v) is 14.2. The monoisotopic (exact) mass is 628 g/mol. The molecule has 0 aliphatic rings. The van der Waals surface area contributed by atoms with Crippen LogP contribution < -0.4 is 0 Å². The molecule has 0 heterocycles. The molecule has 0 amide bonds. The van der Waals surface area contributed by atoms with Crippen LogP contribution in [-0.2, 0) is 1.60 Å². The van der Waals surface area contributed by atoms with Gasteiger partial charge < -0.3 is 21.9 Å². The fourth-order valence-corrected chi connectivity index (χ4v) is 0. The van der Waals surface area contributed by atoms with E-state index >= 15 is 0 Å². The summed E-state index contributed by atoms with van der Waals surface area (Å²) in [5.41, 5.74) is 0. The molecule has 0 aromatic heterocycles. The van der Waals surface area contributed by atoms with Crippen molar-refractivity contribution in [1.29, 1.82) is 0 Å². The van der Waals surface area contributed by atoms with Gasteiger partial charge in [-0.1, -0.05) is 0 Å². The first-order valence-electron chi connectivity index (χ1n) is 0.756. The molecule has 0 spiro atoms. The van der Waals surface area contributed by atoms with Gasteiger partial charge in [0.1, 0.15) is 0 Å². The van der Waals surface area contributed by atoms with Crippen molar-refractivity contribution >= 4 is 76.8 Å². The Morgan fingerprint density at radius 3 is 0.556 bits per heavy atom. The van der Waals surface area contributed by atoms with Gasteiger partial charge in [0.2, 0.25) is 0 Å². The van der Waals surface area contributed by atoms with E-state index < -0.39 is 1.60 Å². The van der Waals surface area contributed by atoms with Crippen molar-refractivity contribution in [2.75, 3.05) is 0 Å². The van der Waals surface area contributed by atoms with E-state index in [2.05, 4.69) is 76.8 Å². The molecule has 0 rings (SSSR count). The molecule has 0 saturated heterocycles. The molecule has 0 atom stereocenters. The van der Waals surface area contributed by atoms with Crippen molar-refractivity contribution in [2.45, 2.75) is 0 Å². The Morgan fingerprint density at radius 1 is 0.556 bits per heavy atom. The molecule has 64 valence electrons. The van der Waals surface area contributed by atoms with Crippen molar-refractivity contribution in [2.24, 2.45) is 0 Å². The minimum absolute atomic E-state index is 0. The van der Waals surface area contributed by atoms with Crippen LogP contribution in [0, 0.1) is 0 Å². The van der Waals surface area contributed by atoms with Gasteiger partial charge in [0, 0.05) is 0 Å². The SMILES string of the molecule is O.O.O.O.[I][Ti]([I])([I])[I]. The standard InChI is InChI=1S/4HI.4H2O.Ti/h4*1H;4*1H2;/q;;;;;;;;+4/p-4. The molecule has 0 radical (unpaired) electrons. The van der Waals surface area contributed by atoms with Crippen LogP contribution in [0.3, 0.4) is 0 Å². The Kier molecular flexibility index (Phi) is 45.8. The maximum atomic E-state index is 2.53. The van der Waals surface area contributed by atoms with Crippen LogP contribution in [-0.4, -0.2) is 21.9 Å². The van der Waals surface area contributed by atoms with Crippen molar-refractivity contribution in [3.8, 4) is 0 Å². The van der Waals surface area contributed by atoms with E-state index in [9.17, 15) is 0 Å². The van der Waals surface area contributed by atoms with E-state index in [0.717, 1.165) is 0 Å². The van der Waals surface area contributed by atoms with E-state index in [0.29, 0.717) is 0 Å². The van der Waals surface area contributed by atoms with E-state index in [-0.39, 0.29) is 21.9 Å². The predicted octanol–water partition coefficient (Wildman–Crippen LogP) is 0.241. The zero-order chi connectivity index (χ0) is 4.50. The fourth-order valence-electron chi connectivity index (χ4n) is 0. The number of hydrogen-bond donors (Lipinski definition) is 0. The Hall–Kier alpha value is 3.47. The van der Waals surface area contributed by atoms with Crippen molar-refractivity contribution in [3.05, 3.63) is 0 Å². The van der Waals surface area contributed by atoms with Gasteiger partial charge in [0.25, 0.3) is 0 Å². The predicted molar refractivity (Wildman–Crippen MR) is 70.5 cm³/mol. The normalized spacial score (nSPS) is 6.67. The van der Waals surface area contributed by atoms with Crippen LogP contribution in [0.4, 0.5) is 0 Å². The van der Waals surface area contributed by atoms with Gasteiger partial charge in [-0.2, -0.15) is 0 Å². The quantitative estimate of drug-likeness (QED) is 0.270. The topological polar surface area (TPSA) is 126 Å². The molecule has 0 unspecified atom stereocenters. The third kappa shape index (κ3) is 85.3. The summed E-state index contributed by atoms with van der Waals surface area (Å²) in [5, 5.41) is 0. The first-order valence-corrected chi connectivity index (χ1v) is 20.9. The average Bonchev–Trinajstić information content (AvgIpc) is 0.722. The molecular weight excluding hydrogens is 619 g/mol. The van der Waals surface area contributed by atoms with Crippen LogP contribution in [0.1, 0.15) is 0 Å². The minimum atomic E-state index is -1.12. The van der Waals surface area contributed by atoms with Crippen molar-refractivity contribution in [3.63, 3.8) is 0 Å². The molecule has 9 heteroatoms. The van der Waals surface area contributed by atoms with Gasteiger partial charge in [-0.15, -0.1) is 0 Å². The molecule has 4 nitrogen and oxygen atoms in total. The van der Waals surface area contributed by atoms with Gasteiger partial charge in [0.05, 0.1) is 0 Å². The molecule has 8 N–H and O–H groups in total. The molecule has 0 bridgehead atoms. The van der Waals surface area contributed by atoms with Crippen LogP contribution in [0.5, 0.6) is 0 Å². The third-order valence-electron chi connectivity index (χ3n) is 0. The fraction of sp³-hybridized carbons (Fsp3) is 0. The van der Waals surface area contributed by atoms with Gasteiger partial charge in [-0.3, -0.25) is 0 Å². The second-order valence-electron chi connectivity index (χ2n) is 0.429. The molecular formula is H8I4O4Ti. The number of hydrogen-bond acceptors (Lipinski definition) is 0. The molecule has 0 aromatic carbocycles. The molecule has 0 aromatic rings. The second-order valence-corrected chi connectivity index (χ2v) is 79.5. The Bertz CT molecular complexity index is 28.0. The van der Waals surface area contributed by atoms with Gasteiger partial charge in [-0.25, -0.2) is 0 Å². The Morgan fingerprint density at radius 2 is 0.556 bits per heavy atom. The van der Waals surface area contributed by atoms with E-state index in [1.165, 1.54) is 0 Å². The first kappa shape index (κ1) is 29.4. The van der Waals surface area contributed by atoms with Crippen LogP contribution in [0.15, 0.2) is 0 Å². The third-order valence-corrected chi connectivity index (χ3v) is 0. The number of halogens is 4. The summed E-state index contributed by atoms with van der Waals surface area (Å²) in [6.45, 7) is 0. The summed E-state index contributed by atoms with van der Waals surface area (Å²) in [6.07, 6.45) is 0. The van der Waals surface area contributed by atoms with E-state index in [1.807, 2.05) is 0 Å². The van der Waals surface area contributed by atoms with Crippen LogP contribution >= 0.6 is 76.8 Å². The first-order chi connectivity index (χ1) is 2.00. The summed E-state index contributed by atoms with van der Waals surface area (Å²) in [4.78, 5) is 0. The Balaban J connectivity index is -0.0000000133. The summed E-state index contributed by atoms with van der Waals surface area (Å²) >= 11 is 10.1. The summed E-state index contributed by atoms with van der Waals surface area (Å²) < 4.78 is -1.12. The van der Waals surface area contributed by atoms with Crippen LogP contribution in [0.25, 0.3) is 0 Å². The van der Waals surface area contributed by atoms with Crippen molar-refractivity contribution < 1.29 is 23.5 Å². The number of rotatable bonds is 0. The summed E-state index contributed by atoms with van der Waals surface area (Å²) in [6, 6.07) is 0.